The minimum Gasteiger partial charge on any atom is -0.497 e. The molecule has 0 fully saturated rings. The number of anilines is 1. The maximum absolute atomic E-state index is 12.8. The van der Waals surface area contributed by atoms with E-state index in [-0.39, 0.29) is 5.82 Å². The Morgan fingerprint density at radius 2 is 1.76 bits per heavy atom. The van der Waals surface area contributed by atoms with Gasteiger partial charge < -0.3 is 10.1 Å². The third-order valence-corrected chi connectivity index (χ3v) is 4.77. The fourth-order valence-corrected chi connectivity index (χ4v) is 3.10. The molecule has 0 atom stereocenters. The summed E-state index contributed by atoms with van der Waals surface area (Å²) in [4.78, 5) is 17.3. The molecule has 3 aromatic carbocycles. The Bertz CT molecular complexity index is 1140. The van der Waals surface area contributed by atoms with Crippen LogP contribution < -0.4 is 10.1 Å². The molecule has 0 unspecified atom stereocenters. The van der Waals surface area contributed by atoms with Crippen molar-refractivity contribution in [2.45, 2.75) is 0 Å². The summed E-state index contributed by atoms with van der Waals surface area (Å²) in [5.74, 6) is 0.918. The fourth-order valence-electron chi connectivity index (χ4n) is 2.83. The molecule has 0 radical (unpaired) electrons. The number of methoxy groups -OCH3 is 1. The van der Waals surface area contributed by atoms with Crippen molar-refractivity contribution >= 4 is 27.5 Å². The molecule has 0 spiro atoms. The van der Waals surface area contributed by atoms with Gasteiger partial charge in [-0.2, -0.15) is 0 Å². The Hall–Kier alpha value is -3.45. The maximum Gasteiger partial charge on any atom is 0.295 e. The predicted octanol–water partition coefficient (Wildman–Crippen LogP) is 4.96. The molecular formula is C22H17BrN4O2. The largest absolute Gasteiger partial charge is 0.497 e. The number of ether oxygens (including phenoxy) is 1. The second kappa shape index (κ2) is 8.28. The highest BCUT2D eigenvalue weighted by molar-refractivity contribution is 9.10. The quantitative estimate of drug-likeness (QED) is 0.468. The second-order valence-electron chi connectivity index (χ2n) is 6.20. The van der Waals surface area contributed by atoms with Gasteiger partial charge in [0.25, 0.3) is 5.91 Å². The van der Waals surface area contributed by atoms with Crippen LogP contribution in [0.3, 0.4) is 0 Å². The van der Waals surface area contributed by atoms with Gasteiger partial charge in [-0.05, 0) is 36.4 Å². The molecule has 1 heterocycles. The molecule has 0 aliphatic rings. The van der Waals surface area contributed by atoms with Gasteiger partial charge in [0.2, 0.25) is 5.82 Å². The van der Waals surface area contributed by atoms with Crippen LogP contribution >= 0.6 is 15.9 Å². The highest BCUT2D eigenvalue weighted by atomic mass is 79.9. The van der Waals surface area contributed by atoms with Crippen LogP contribution in [0, 0.1) is 0 Å². The summed E-state index contributed by atoms with van der Waals surface area (Å²) in [6, 6.07) is 24.4. The lowest BCUT2D eigenvalue weighted by Crippen LogP contribution is -2.14. The van der Waals surface area contributed by atoms with Crippen molar-refractivity contribution in [3.05, 3.63) is 89.2 Å². The Labute approximate surface area is 176 Å². The molecule has 0 bridgehead atoms. The minimum atomic E-state index is -0.397. The molecule has 0 saturated heterocycles. The normalized spacial score (nSPS) is 10.6. The van der Waals surface area contributed by atoms with E-state index in [0.29, 0.717) is 17.3 Å². The molecule has 1 aromatic heterocycles. The van der Waals surface area contributed by atoms with Crippen LogP contribution in [0.5, 0.6) is 5.75 Å². The van der Waals surface area contributed by atoms with Gasteiger partial charge in [-0.15, -0.1) is 5.10 Å². The topological polar surface area (TPSA) is 69.0 Å². The van der Waals surface area contributed by atoms with Crippen molar-refractivity contribution in [3.8, 4) is 22.8 Å². The Morgan fingerprint density at radius 1 is 1.00 bits per heavy atom. The van der Waals surface area contributed by atoms with Gasteiger partial charge in [0, 0.05) is 21.8 Å². The summed E-state index contributed by atoms with van der Waals surface area (Å²) in [7, 11) is 1.58. The van der Waals surface area contributed by atoms with Crippen LogP contribution in [0.4, 0.5) is 5.69 Å². The first-order valence-corrected chi connectivity index (χ1v) is 9.67. The summed E-state index contributed by atoms with van der Waals surface area (Å²) in [6.45, 7) is 0. The van der Waals surface area contributed by atoms with E-state index in [4.69, 9.17) is 4.74 Å². The lowest BCUT2D eigenvalue weighted by Gasteiger charge is -2.05. The molecule has 0 saturated carbocycles. The number of nitrogens with one attached hydrogen (secondary N) is 1. The summed E-state index contributed by atoms with van der Waals surface area (Å²) in [5.41, 5.74) is 2.28. The van der Waals surface area contributed by atoms with Gasteiger partial charge >= 0.3 is 0 Å². The van der Waals surface area contributed by atoms with Crippen LogP contribution in [-0.2, 0) is 0 Å². The molecule has 144 valence electrons. The zero-order valence-corrected chi connectivity index (χ0v) is 17.1. The van der Waals surface area contributed by atoms with Crippen LogP contribution in [-0.4, -0.2) is 27.8 Å². The Balaban J connectivity index is 1.72. The number of hydrogen-bond donors (Lipinski definition) is 1. The van der Waals surface area contributed by atoms with Crippen LogP contribution in [0.1, 0.15) is 10.6 Å². The zero-order valence-electron chi connectivity index (χ0n) is 15.5. The van der Waals surface area contributed by atoms with Crippen molar-refractivity contribution in [1.82, 2.24) is 14.8 Å². The first kappa shape index (κ1) is 18.9. The number of rotatable bonds is 5. The Morgan fingerprint density at radius 3 is 2.48 bits per heavy atom. The van der Waals surface area contributed by atoms with Crippen LogP contribution in [0.2, 0.25) is 0 Å². The summed E-state index contributed by atoms with van der Waals surface area (Å²) in [6.07, 6.45) is 0. The van der Waals surface area contributed by atoms with Crippen molar-refractivity contribution in [2.24, 2.45) is 0 Å². The van der Waals surface area contributed by atoms with E-state index in [1.54, 1.807) is 30.0 Å². The van der Waals surface area contributed by atoms with Gasteiger partial charge in [-0.25, -0.2) is 9.67 Å². The lowest BCUT2D eigenvalue weighted by molar-refractivity contribution is 0.101. The smallest absolute Gasteiger partial charge is 0.295 e. The molecule has 4 rings (SSSR count). The number of aromatic nitrogens is 3. The monoisotopic (exact) mass is 448 g/mol. The van der Waals surface area contributed by atoms with E-state index in [0.717, 1.165) is 15.7 Å². The Kier molecular flexibility index (Phi) is 5.39. The van der Waals surface area contributed by atoms with E-state index in [2.05, 4.69) is 31.3 Å². The number of para-hydroxylation sites is 1. The van der Waals surface area contributed by atoms with E-state index in [1.165, 1.54) is 0 Å². The highest BCUT2D eigenvalue weighted by Crippen LogP contribution is 2.24. The van der Waals surface area contributed by atoms with Gasteiger partial charge in [-0.3, -0.25) is 4.79 Å². The molecule has 6 nitrogen and oxygen atoms in total. The third-order valence-electron chi connectivity index (χ3n) is 4.24. The van der Waals surface area contributed by atoms with Crippen molar-refractivity contribution in [2.75, 3.05) is 12.4 Å². The average molecular weight is 449 g/mol. The molecule has 1 N–H and O–H groups in total. The molecule has 0 aliphatic heterocycles. The minimum absolute atomic E-state index is 0.0783. The standard InChI is InChI=1S/C22H17BrN4O2/c1-29-19-9-5-6-17(14-19)24-22(28)20-25-21(15-10-12-16(23)13-11-15)27(26-20)18-7-3-2-4-8-18/h2-14H,1H3,(H,24,28). The lowest BCUT2D eigenvalue weighted by atomic mass is 10.2. The molecule has 29 heavy (non-hydrogen) atoms. The van der Waals surface area contributed by atoms with Crippen molar-refractivity contribution in [3.63, 3.8) is 0 Å². The predicted molar refractivity (Wildman–Crippen MR) is 115 cm³/mol. The van der Waals surface area contributed by atoms with Gasteiger partial charge in [0.05, 0.1) is 12.8 Å². The maximum atomic E-state index is 12.8. The van der Waals surface area contributed by atoms with E-state index in [9.17, 15) is 4.79 Å². The summed E-state index contributed by atoms with van der Waals surface area (Å²) >= 11 is 3.44. The SMILES string of the molecule is COc1cccc(NC(=O)c2nc(-c3ccc(Br)cc3)n(-c3ccccc3)n2)c1. The number of hydrogen-bond acceptors (Lipinski definition) is 4. The number of carbonyl (C=O) groups excluding carboxylic acids is 1. The first-order valence-electron chi connectivity index (χ1n) is 8.88. The fraction of sp³-hybridized carbons (Fsp3) is 0.0455. The van der Waals surface area contributed by atoms with E-state index >= 15 is 0 Å². The first-order chi connectivity index (χ1) is 14.1. The van der Waals surface area contributed by atoms with Crippen LogP contribution in [0.15, 0.2) is 83.3 Å². The molecule has 4 aromatic rings. The number of nitrogens with zero attached hydrogens (tertiary/aromatic N) is 3. The average Bonchev–Trinajstić information content (AvgIpc) is 3.21. The van der Waals surface area contributed by atoms with Gasteiger partial charge in [0.15, 0.2) is 5.82 Å². The number of benzene rings is 3. The van der Waals surface area contributed by atoms with E-state index < -0.39 is 5.91 Å². The highest BCUT2D eigenvalue weighted by Gasteiger charge is 2.19. The summed E-state index contributed by atoms with van der Waals surface area (Å²) < 4.78 is 7.83. The number of halogens is 1. The molecule has 1 amide bonds. The zero-order chi connectivity index (χ0) is 20.2. The molecule has 7 heteroatoms. The van der Waals surface area contributed by atoms with Gasteiger partial charge in [0.1, 0.15) is 5.75 Å². The molecule has 0 aliphatic carbocycles. The van der Waals surface area contributed by atoms with Crippen LogP contribution in [0.25, 0.3) is 17.1 Å². The van der Waals surface area contributed by atoms with Gasteiger partial charge in [-0.1, -0.05) is 52.3 Å². The molecular weight excluding hydrogens is 432 g/mol. The van der Waals surface area contributed by atoms with E-state index in [1.807, 2.05) is 60.7 Å². The third kappa shape index (κ3) is 4.20. The summed E-state index contributed by atoms with van der Waals surface area (Å²) in [5, 5.41) is 7.29. The number of carbonyl (C=O) groups is 1. The number of amides is 1. The van der Waals surface area contributed by atoms with Crippen molar-refractivity contribution in [1.29, 1.82) is 0 Å². The second-order valence-corrected chi connectivity index (χ2v) is 7.12. The van der Waals surface area contributed by atoms with Crippen molar-refractivity contribution < 1.29 is 9.53 Å².